The van der Waals surface area contributed by atoms with Gasteiger partial charge in [-0.25, -0.2) is 9.97 Å². The lowest BCUT2D eigenvalue weighted by atomic mass is 10.1. The second-order valence-corrected chi connectivity index (χ2v) is 4.38. The molecule has 0 spiro atoms. The van der Waals surface area contributed by atoms with E-state index in [0.29, 0.717) is 0 Å². The number of hydrogen-bond acceptors (Lipinski definition) is 3. The van der Waals surface area contributed by atoms with Crippen molar-refractivity contribution < 1.29 is 0 Å². The maximum Gasteiger partial charge on any atom is 0.130 e. The fraction of sp³-hybridized carbons (Fsp3) is 0.167. The zero-order valence-electron chi connectivity index (χ0n) is 8.94. The summed E-state index contributed by atoms with van der Waals surface area (Å²) >= 11 is 3.31. The van der Waals surface area contributed by atoms with Crippen LogP contribution < -0.4 is 5.32 Å². The van der Waals surface area contributed by atoms with E-state index < -0.39 is 0 Å². The summed E-state index contributed by atoms with van der Waals surface area (Å²) in [6.45, 7) is 2.85. The molecule has 1 heterocycles. The second kappa shape index (κ2) is 5.07. The molecule has 0 saturated carbocycles. The van der Waals surface area contributed by atoms with Gasteiger partial charge in [0.05, 0.1) is 0 Å². The molecule has 0 aliphatic carbocycles. The second-order valence-electron chi connectivity index (χ2n) is 3.57. The van der Waals surface area contributed by atoms with Gasteiger partial charge in [-0.1, -0.05) is 29.8 Å². The average molecular weight is 278 g/mol. The normalized spacial score (nSPS) is 10.1. The minimum absolute atomic E-state index is 0.768. The van der Waals surface area contributed by atoms with Gasteiger partial charge in [0.15, 0.2) is 0 Å². The van der Waals surface area contributed by atoms with Crippen molar-refractivity contribution in [3.05, 3.63) is 52.4 Å². The summed E-state index contributed by atoms with van der Waals surface area (Å²) < 4.78 is 0.786. The average Bonchev–Trinajstić information content (AvgIpc) is 2.28. The highest BCUT2D eigenvalue weighted by Crippen LogP contribution is 2.11. The molecular formula is C12H12BrN3. The number of nitrogens with one attached hydrogen (secondary N) is 1. The van der Waals surface area contributed by atoms with E-state index in [0.717, 1.165) is 17.0 Å². The highest BCUT2D eigenvalue weighted by molar-refractivity contribution is 9.10. The molecule has 0 saturated heterocycles. The Morgan fingerprint density at radius 2 is 1.94 bits per heavy atom. The van der Waals surface area contributed by atoms with E-state index in [9.17, 15) is 0 Å². The molecule has 16 heavy (non-hydrogen) atoms. The summed E-state index contributed by atoms with van der Waals surface area (Å²) in [6, 6.07) is 10.3. The largest absolute Gasteiger partial charge is 0.366 e. The monoisotopic (exact) mass is 277 g/mol. The molecule has 3 nitrogen and oxygen atoms in total. The zero-order valence-corrected chi connectivity index (χ0v) is 10.5. The van der Waals surface area contributed by atoms with Crippen molar-refractivity contribution in [2.45, 2.75) is 13.5 Å². The van der Waals surface area contributed by atoms with Gasteiger partial charge in [0, 0.05) is 12.6 Å². The van der Waals surface area contributed by atoms with Crippen LogP contribution in [0.3, 0.4) is 0 Å². The molecule has 1 N–H and O–H groups in total. The summed E-state index contributed by atoms with van der Waals surface area (Å²) in [5.74, 6) is 0.822. The number of hydrogen-bond donors (Lipinski definition) is 1. The molecule has 0 unspecified atom stereocenters. The Morgan fingerprint density at radius 3 is 2.62 bits per heavy atom. The van der Waals surface area contributed by atoms with Crippen LogP contribution in [0.4, 0.5) is 5.82 Å². The molecule has 2 rings (SSSR count). The predicted octanol–water partition coefficient (Wildman–Crippen LogP) is 3.16. The Labute approximate surface area is 103 Å². The fourth-order valence-corrected chi connectivity index (χ4v) is 1.64. The lowest BCUT2D eigenvalue weighted by Gasteiger charge is -2.05. The number of halogens is 1. The smallest absolute Gasteiger partial charge is 0.130 e. The maximum absolute atomic E-state index is 4.12. The number of aromatic nitrogens is 2. The van der Waals surface area contributed by atoms with Gasteiger partial charge >= 0.3 is 0 Å². The topological polar surface area (TPSA) is 37.8 Å². The number of rotatable bonds is 3. The highest BCUT2D eigenvalue weighted by atomic mass is 79.9. The third-order valence-electron chi connectivity index (χ3n) is 2.23. The van der Waals surface area contributed by atoms with E-state index in [1.807, 2.05) is 6.07 Å². The molecule has 1 aromatic carbocycles. The van der Waals surface area contributed by atoms with Gasteiger partial charge in [-0.05, 0) is 28.4 Å². The Balaban J connectivity index is 1.99. The fourth-order valence-electron chi connectivity index (χ4n) is 1.33. The number of anilines is 1. The number of benzene rings is 1. The summed E-state index contributed by atoms with van der Waals surface area (Å²) in [5.41, 5.74) is 2.51. The SMILES string of the molecule is Cc1ccc(CNc2cc(Br)ncn2)cc1. The first-order valence-corrected chi connectivity index (χ1v) is 5.80. The van der Waals surface area contributed by atoms with Gasteiger partial charge in [0.1, 0.15) is 16.7 Å². The van der Waals surface area contributed by atoms with Gasteiger partial charge in [0.25, 0.3) is 0 Å². The van der Waals surface area contributed by atoms with Gasteiger partial charge in [-0.2, -0.15) is 0 Å². The van der Waals surface area contributed by atoms with E-state index >= 15 is 0 Å². The van der Waals surface area contributed by atoms with Crippen molar-refractivity contribution in [2.75, 3.05) is 5.32 Å². The molecule has 4 heteroatoms. The standard InChI is InChI=1S/C12H12BrN3/c1-9-2-4-10(5-3-9)7-14-12-6-11(13)15-8-16-12/h2-6,8H,7H2,1H3,(H,14,15,16). The van der Waals surface area contributed by atoms with Crippen LogP contribution >= 0.6 is 15.9 Å². The molecule has 82 valence electrons. The molecule has 0 atom stereocenters. The Morgan fingerprint density at radius 1 is 1.19 bits per heavy atom. The lowest BCUT2D eigenvalue weighted by molar-refractivity contribution is 1.07. The van der Waals surface area contributed by atoms with Gasteiger partial charge in [-0.3, -0.25) is 0 Å². The number of aryl methyl sites for hydroxylation is 1. The zero-order chi connectivity index (χ0) is 11.4. The highest BCUT2D eigenvalue weighted by Gasteiger charge is 1.96. The van der Waals surface area contributed by atoms with E-state index in [2.05, 4.69) is 62.4 Å². The van der Waals surface area contributed by atoms with Gasteiger partial charge in [0.2, 0.25) is 0 Å². The van der Waals surface area contributed by atoms with Crippen LogP contribution in [0.1, 0.15) is 11.1 Å². The van der Waals surface area contributed by atoms with Crippen molar-refractivity contribution in [1.29, 1.82) is 0 Å². The van der Waals surface area contributed by atoms with Crippen molar-refractivity contribution in [3.63, 3.8) is 0 Å². The van der Waals surface area contributed by atoms with Crippen molar-refractivity contribution >= 4 is 21.7 Å². The Hall–Kier alpha value is -1.42. The van der Waals surface area contributed by atoms with E-state index in [1.165, 1.54) is 17.5 Å². The Bertz CT molecular complexity index is 468. The van der Waals surface area contributed by atoms with Crippen LogP contribution in [-0.2, 0) is 6.54 Å². The summed E-state index contributed by atoms with van der Waals surface area (Å²) in [5, 5.41) is 3.24. The van der Waals surface area contributed by atoms with E-state index in [1.54, 1.807) is 0 Å². The van der Waals surface area contributed by atoms with Crippen molar-refractivity contribution in [3.8, 4) is 0 Å². The van der Waals surface area contributed by atoms with E-state index in [4.69, 9.17) is 0 Å². The molecule has 2 aromatic rings. The molecular weight excluding hydrogens is 266 g/mol. The van der Waals surface area contributed by atoms with Crippen LogP contribution in [0.2, 0.25) is 0 Å². The molecule has 0 amide bonds. The van der Waals surface area contributed by atoms with Crippen LogP contribution in [0.25, 0.3) is 0 Å². The van der Waals surface area contributed by atoms with Crippen LogP contribution in [-0.4, -0.2) is 9.97 Å². The van der Waals surface area contributed by atoms with E-state index in [-0.39, 0.29) is 0 Å². The maximum atomic E-state index is 4.12. The van der Waals surface area contributed by atoms with Crippen LogP contribution in [0.15, 0.2) is 41.3 Å². The third kappa shape index (κ3) is 3.03. The summed E-state index contributed by atoms with van der Waals surface area (Å²) in [6.07, 6.45) is 1.53. The molecule has 0 aliphatic heterocycles. The quantitative estimate of drug-likeness (QED) is 0.876. The minimum Gasteiger partial charge on any atom is -0.366 e. The molecule has 0 bridgehead atoms. The molecule has 0 fully saturated rings. The van der Waals surface area contributed by atoms with Gasteiger partial charge in [-0.15, -0.1) is 0 Å². The van der Waals surface area contributed by atoms with Crippen molar-refractivity contribution in [2.24, 2.45) is 0 Å². The predicted molar refractivity (Wildman–Crippen MR) is 68.2 cm³/mol. The minimum atomic E-state index is 0.768. The lowest BCUT2D eigenvalue weighted by Crippen LogP contribution is -2.01. The molecule has 0 aliphatic rings. The van der Waals surface area contributed by atoms with Crippen LogP contribution in [0.5, 0.6) is 0 Å². The molecule has 0 radical (unpaired) electrons. The molecule has 1 aromatic heterocycles. The van der Waals surface area contributed by atoms with Gasteiger partial charge < -0.3 is 5.32 Å². The first-order valence-electron chi connectivity index (χ1n) is 5.01. The van der Waals surface area contributed by atoms with Crippen molar-refractivity contribution in [1.82, 2.24) is 9.97 Å². The number of nitrogens with zero attached hydrogens (tertiary/aromatic N) is 2. The first-order chi connectivity index (χ1) is 7.74. The summed E-state index contributed by atoms with van der Waals surface area (Å²) in [7, 11) is 0. The summed E-state index contributed by atoms with van der Waals surface area (Å²) in [4.78, 5) is 8.09. The van der Waals surface area contributed by atoms with Crippen LogP contribution in [0, 0.1) is 6.92 Å². The Kier molecular flexibility index (Phi) is 3.51. The first kappa shape index (κ1) is 11.1. The third-order valence-corrected chi connectivity index (χ3v) is 2.66.